The average Bonchev–Trinajstić information content (AvgIpc) is 3.41. The lowest BCUT2D eigenvalue weighted by molar-refractivity contribution is -0.146. The summed E-state index contributed by atoms with van der Waals surface area (Å²) in [5, 5.41) is 14.9. The smallest absolute Gasteiger partial charge is 0.333 e. The van der Waals surface area contributed by atoms with Crippen LogP contribution in [0.2, 0.25) is 0 Å². The number of thiophene rings is 1. The molecule has 0 aliphatic carbocycles. The van der Waals surface area contributed by atoms with E-state index >= 15 is 0 Å². The zero-order valence-corrected chi connectivity index (χ0v) is 19.9. The molecule has 178 valence electrons. The van der Waals surface area contributed by atoms with Crippen LogP contribution in [0.1, 0.15) is 25.0 Å². The lowest BCUT2D eigenvalue weighted by Crippen LogP contribution is -2.52. The molecular weight excluding hydrogens is 463 g/mol. The van der Waals surface area contributed by atoms with Crippen LogP contribution in [0.25, 0.3) is 15.2 Å². The van der Waals surface area contributed by atoms with Crippen LogP contribution in [0.4, 0.5) is 4.39 Å². The standard InChI is InChI=1S/C23H23FN4O5S/c1-13-17-18(29)28(23(2,3)21(30)31)22(32)26(20(17)34-19(13)27-10-5-9-25-27)11-8-14-12-15(24)6-7-16(14)33-4/h5-7,9-10,12H,8,11H2,1-4H3,(H,30,31). The number of nitrogens with zero attached hydrogens (tertiary/aromatic N) is 4. The molecule has 9 nitrogen and oxygen atoms in total. The number of carboxylic acids is 1. The Morgan fingerprint density at radius 3 is 2.65 bits per heavy atom. The predicted octanol–water partition coefficient (Wildman–Crippen LogP) is 2.93. The number of aliphatic carboxylic acids is 1. The van der Waals surface area contributed by atoms with Crippen molar-refractivity contribution in [1.29, 1.82) is 0 Å². The first-order chi connectivity index (χ1) is 16.1. The van der Waals surface area contributed by atoms with E-state index in [4.69, 9.17) is 4.74 Å². The summed E-state index contributed by atoms with van der Waals surface area (Å²) in [7, 11) is 1.47. The summed E-state index contributed by atoms with van der Waals surface area (Å²) in [5.74, 6) is -1.30. The van der Waals surface area contributed by atoms with E-state index in [-0.39, 0.29) is 18.4 Å². The third kappa shape index (κ3) is 3.71. The van der Waals surface area contributed by atoms with Crippen molar-refractivity contribution in [1.82, 2.24) is 18.9 Å². The van der Waals surface area contributed by atoms with Crippen molar-refractivity contribution in [2.24, 2.45) is 0 Å². The molecule has 3 heterocycles. The van der Waals surface area contributed by atoms with Crippen molar-refractivity contribution in [3.63, 3.8) is 0 Å². The van der Waals surface area contributed by atoms with Gasteiger partial charge in [-0.15, -0.1) is 0 Å². The van der Waals surface area contributed by atoms with Gasteiger partial charge in [0, 0.05) is 24.5 Å². The van der Waals surface area contributed by atoms with Gasteiger partial charge in [0.15, 0.2) is 0 Å². The topological polar surface area (TPSA) is 108 Å². The Kier molecular flexibility index (Phi) is 5.90. The van der Waals surface area contributed by atoms with E-state index in [1.54, 1.807) is 30.1 Å². The Hall–Kier alpha value is -3.73. The highest BCUT2D eigenvalue weighted by atomic mass is 32.1. The highest BCUT2D eigenvalue weighted by Gasteiger charge is 2.35. The second kappa shape index (κ2) is 8.56. The number of hydrogen-bond acceptors (Lipinski definition) is 6. The summed E-state index contributed by atoms with van der Waals surface area (Å²) in [4.78, 5) is 39.4. The van der Waals surface area contributed by atoms with Gasteiger partial charge in [-0.1, -0.05) is 11.3 Å². The molecule has 3 aromatic heterocycles. The van der Waals surface area contributed by atoms with Crippen LogP contribution in [0, 0.1) is 12.7 Å². The van der Waals surface area contributed by atoms with Gasteiger partial charge in [-0.25, -0.2) is 23.2 Å². The minimum Gasteiger partial charge on any atom is -0.496 e. The number of benzene rings is 1. The van der Waals surface area contributed by atoms with Crippen molar-refractivity contribution in [3.05, 3.63) is 74.4 Å². The molecule has 4 rings (SSSR count). The van der Waals surface area contributed by atoms with Gasteiger partial charge in [0.1, 0.15) is 26.9 Å². The third-order valence-corrected chi connectivity index (χ3v) is 7.13. The number of aryl methyl sites for hydroxylation is 3. The number of rotatable bonds is 7. The Morgan fingerprint density at radius 2 is 2.03 bits per heavy atom. The van der Waals surface area contributed by atoms with Crippen molar-refractivity contribution >= 4 is 27.5 Å². The molecule has 34 heavy (non-hydrogen) atoms. The zero-order valence-electron chi connectivity index (χ0n) is 19.0. The molecule has 4 aromatic rings. The van der Waals surface area contributed by atoms with Crippen LogP contribution in [0.5, 0.6) is 5.75 Å². The molecule has 1 aromatic carbocycles. The maximum atomic E-state index is 13.9. The molecule has 0 fully saturated rings. The number of halogens is 1. The summed E-state index contributed by atoms with van der Waals surface area (Å²) in [6.07, 6.45) is 3.53. The molecule has 0 amide bonds. The first kappa shape index (κ1) is 23.4. The molecule has 0 unspecified atom stereocenters. The van der Waals surface area contributed by atoms with Gasteiger partial charge in [0.25, 0.3) is 5.56 Å². The van der Waals surface area contributed by atoms with Gasteiger partial charge in [-0.2, -0.15) is 5.10 Å². The zero-order chi connectivity index (χ0) is 24.8. The quantitative estimate of drug-likeness (QED) is 0.430. The van der Waals surface area contributed by atoms with Crippen LogP contribution in [0.15, 0.2) is 46.2 Å². The van der Waals surface area contributed by atoms with Gasteiger partial charge in [0.2, 0.25) is 0 Å². The largest absolute Gasteiger partial charge is 0.496 e. The van der Waals surface area contributed by atoms with E-state index in [0.717, 1.165) is 4.57 Å². The minimum absolute atomic E-state index is 0.0730. The first-order valence-corrected chi connectivity index (χ1v) is 11.2. The molecule has 0 radical (unpaired) electrons. The molecule has 0 atom stereocenters. The highest BCUT2D eigenvalue weighted by Crippen LogP contribution is 2.31. The molecule has 0 spiro atoms. The van der Waals surface area contributed by atoms with E-state index in [0.29, 0.717) is 26.7 Å². The molecule has 0 aliphatic heterocycles. The van der Waals surface area contributed by atoms with Crippen LogP contribution in [-0.2, 0) is 23.3 Å². The maximum absolute atomic E-state index is 13.9. The molecule has 0 bridgehead atoms. The number of hydrogen-bond donors (Lipinski definition) is 1. The van der Waals surface area contributed by atoms with Gasteiger partial charge in [-0.05, 0) is 57.0 Å². The van der Waals surface area contributed by atoms with E-state index < -0.39 is 28.6 Å². The fourth-order valence-electron chi connectivity index (χ4n) is 3.90. The summed E-state index contributed by atoms with van der Waals surface area (Å²) < 4.78 is 22.9. The molecule has 11 heteroatoms. The lowest BCUT2D eigenvalue weighted by atomic mass is 10.1. The predicted molar refractivity (Wildman–Crippen MR) is 126 cm³/mol. The highest BCUT2D eigenvalue weighted by molar-refractivity contribution is 7.21. The summed E-state index contributed by atoms with van der Waals surface area (Å²) in [6.45, 7) is 4.42. The molecule has 1 N–H and O–H groups in total. The second-order valence-corrected chi connectivity index (χ2v) is 9.29. The van der Waals surface area contributed by atoms with Crippen molar-refractivity contribution < 1.29 is 19.0 Å². The summed E-state index contributed by atoms with van der Waals surface area (Å²) >= 11 is 1.21. The number of methoxy groups -OCH3 is 1. The minimum atomic E-state index is -1.79. The van der Waals surface area contributed by atoms with Crippen LogP contribution in [0.3, 0.4) is 0 Å². The number of carbonyl (C=O) groups is 1. The Bertz CT molecular complexity index is 1520. The first-order valence-electron chi connectivity index (χ1n) is 10.4. The lowest BCUT2D eigenvalue weighted by Gasteiger charge is -2.23. The second-order valence-electron chi connectivity index (χ2n) is 8.31. The van der Waals surface area contributed by atoms with Crippen LogP contribution in [-0.4, -0.2) is 37.1 Å². The summed E-state index contributed by atoms with van der Waals surface area (Å²) in [5.41, 5.74) is -2.10. The SMILES string of the molecule is COc1ccc(F)cc1CCn1c(=O)n(C(C)(C)C(=O)O)c(=O)c2c(C)c(-n3cccn3)sc21. The molecule has 0 aliphatic rings. The van der Waals surface area contributed by atoms with E-state index in [9.17, 15) is 23.9 Å². The molecular formula is C23H23FN4O5S. The Balaban J connectivity index is 1.99. The van der Waals surface area contributed by atoms with Crippen LogP contribution >= 0.6 is 11.3 Å². The van der Waals surface area contributed by atoms with Gasteiger partial charge < -0.3 is 9.84 Å². The van der Waals surface area contributed by atoms with Gasteiger partial charge in [0.05, 0.1) is 12.5 Å². The van der Waals surface area contributed by atoms with Crippen molar-refractivity contribution in [2.75, 3.05) is 7.11 Å². The van der Waals surface area contributed by atoms with Crippen molar-refractivity contribution in [2.45, 2.75) is 39.3 Å². The Labute approximate surface area is 197 Å². The van der Waals surface area contributed by atoms with Gasteiger partial charge >= 0.3 is 11.7 Å². The normalized spacial score (nSPS) is 11.8. The fraction of sp³-hybridized carbons (Fsp3) is 0.304. The average molecular weight is 487 g/mol. The van der Waals surface area contributed by atoms with Crippen molar-refractivity contribution in [3.8, 4) is 10.8 Å². The van der Waals surface area contributed by atoms with E-state index in [1.807, 2.05) is 0 Å². The number of aromatic nitrogens is 4. The van der Waals surface area contributed by atoms with Gasteiger partial charge in [-0.3, -0.25) is 9.36 Å². The molecule has 0 saturated heterocycles. The summed E-state index contributed by atoms with van der Waals surface area (Å²) in [6, 6.07) is 5.84. The van der Waals surface area contributed by atoms with Crippen LogP contribution < -0.4 is 16.0 Å². The monoisotopic (exact) mass is 486 g/mol. The Morgan fingerprint density at radius 1 is 1.29 bits per heavy atom. The fourth-order valence-corrected chi connectivity index (χ4v) is 5.16. The molecule has 0 saturated carbocycles. The number of ether oxygens (including phenoxy) is 1. The maximum Gasteiger partial charge on any atom is 0.333 e. The van der Waals surface area contributed by atoms with E-state index in [1.165, 1.54) is 55.1 Å². The third-order valence-electron chi connectivity index (χ3n) is 5.83. The number of fused-ring (bicyclic) bond motifs is 1. The van der Waals surface area contributed by atoms with E-state index in [2.05, 4.69) is 5.10 Å². The number of carboxylic acid groups (broad SMARTS) is 1.